The monoisotopic (exact) mass is 820 g/mol. The number of unbranched alkanes of at least 4 members (excludes halogenated alkanes) is 1. The van der Waals surface area contributed by atoms with Crippen molar-refractivity contribution in [2.24, 2.45) is 0 Å². The number of rotatable bonds is 17. The Morgan fingerprint density at radius 2 is 0.786 bits per heavy atom. The third-order valence-electron chi connectivity index (χ3n) is 9.83. The topological polar surface area (TPSA) is 375 Å². The number of hydrogen-bond donors (Lipinski definition) is 14. The summed E-state index contributed by atoms with van der Waals surface area (Å²) in [6, 6.07) is -2.57. The summed E-state index contributed by atoms with van der Waals surface area (Å²) in [5, 5.41) is 128. The molecule has 14 N–H and O–H groups in total. The van der Waals surface area contributed by atoms with E-state index in [1.807, 2.05) is 0 Å². The average Bonchev–Trinajstić information content (AvgIpc) is 3.16. The maximum Gasteiger partial charge on any atom is 0.217 e. The van der Waals surface area contributed by atoms with E-state index in [-0.39, 0.29) is 26.1 Å². The molecule has 0 unspecified atom stereocenters. The molecule has 0 saturated carbocycles. The molecule has 0 radical (unpaired) electrons. The smallest absolute Gasteiger partial charge is 0.217 e. The summed E-state index contributed by atoms with van der Waals surface area (Å²) in [6.45, 7) is -0.780. The first-order chi connectivity index (χ1) is 26.6. The van der Waals surface area contributed by atoms with Gasteiger partial charge in [-0.05, 0) is 12.8 Å². The molecule has 4 rings (SSSR count). The van der Waals surface area contributed by atoms with Crippen LogP contribution in [0.1, 0.15) is 26.7 Å². The second-order valence-corrected chi connectivity index (χ2v) is 13.9. The van der Waals surface area contributed by atoms with Crippen LogP contribution in [-0.2, 0) is 47.5 Å². The van der Waals surface area contributed by atoms with Crippen LogP contribution >= 0.6 is 0 Å². The molecule has 0 spiro atoms. The Morgan fingerprint density at radius 3 is 1.09 bits per heavy atom. The van der Waals surface area contributed by atoms with Crippen molar-refractivity contribution in [2.75, 3.05) is 39.6 Å². The van der Waals surface area contributed by atoms with Gasteiger partial charge >= 0.3 is 0 Å². The molecular weight excluding hydrogens is 764 g/mol. The van der Waals surface area contributed by atoms with E-state index in [9.17, 15) is 70.9 Å². The fourth-order valence-electron chi connectivity index (χ4n) is 6.80. The summed E-state index contributed by atoms with van der Waals surface area (Å²) >= 11 is 0. The van der Waals surface area contributed by atoms with E-state index in [0.717, 1.165) is 13.8 Å². The molecule has 0 aliphatic carbocycles. The van der Waals surface area contributed by atoms with Crippen molar-refractivity contribution in [1.82, 2.24) is 10.6 Å². The molecule has 0 aromatic rings. The van der Waals surface area contributed by atoms with Gasteiger partial charge in [0.05, 0.1) is 26.4 Å². The van der Waals surface area contributed by atoms with E-state index in [2.05, 4.69) is 10.6 Å². The first-order valence-corrected chi connectivity index (χ1v) is 18.2. The molecule has 0 bridgehead atoms. The van der Waals surface area contributed by atoms with Crippen molar-refractivity contribution in [3.8, 4) is 0 Å². The second-order valence-electron chi connectivity index (χ2n) is 13.9. The largest absolute Gasteiger partial charge is 0.394 e. The van der Waals surface area contributed by atoms with Crippen LogP contribution in [0.5, 0.6) is 0 Å². The molecule has 24 nitrogen and oxygen atoms in total. The van der Waals surface area contributed by atoms with Gasteiger partial charge in [0, 0.05) is 27.1 Å². The first kappa shape index (κ1) is 46.8. The molecule has 24 heteroatoms. The van der Waals surface area contributed by atoms with Crippen LogP contribution in [-0.4, -0.2) is 235 Å². The number of aliphatic hydroxyl groups is 12. The predicted octanol–water partition coefficient (Wildman–Crippen LogP) is -8.66. The van der Waals surface area contributed by atoms with Crippen LogP contribution in [0.15, 0.2) is 0 Å². The van der Waals surface area contributed by atoms with E-state index >= 15 is 0 Å². The second kappa shape index (κ2) is 21.4. The lowest BCUT2D eigenvalue weighted by molar-refractivity contribution is -0.349. The zero-order valence-corrected chi connectivity index (χ0v) is 30.7. The fourth-order valence-corrected chi connectivity index (χ4v) is 6.80. The van der Waals surface area contributed by atoms with Crippen molar-refractivity contribution in [1.29, 1.82) is 0 Å². The zero-order chi connectivity index (χ0) is 41.4. The highest BCUT2D eigenvalue weighted by Gasteiger charge is 2.53. The van der Waals surface area contributed by atoms with Gasteiger partial charge in [0.2, 0.25) is 11.8 Å². The minimum Gasteiger partial charge on any atom is -0.394 e. The molecule has 20 atom stereocenters. The number of ether oxygens (including phenoxy) is 8. The minimum absolute atomic E-state index is 0.0647. The van der Waals surface area contributed by atoms with Crippen LogP contribution < -0.4 is 10.6 Å². The van der Waals surface area contributed by atoms with Gasteiger partial charge in [-0.3, -0.25) is 9.59 Å². The Bertz CT molecular complexity index is 1130. The van der Waals surface area contributed by atoms with Crippen LogP contribution in [0.3, 0.4) is 0 Å². The molecule has 326 valence electrons. The molecule has 0 aromatic heterocycles. The predicted molar refractivity (Wildman–Crippen MR) is 177 cm³/mol. The molecule has 4 fully saturated rings. The molecule has 4 heterocycles. The number of carbonyl (C=O) groups is 2. The Balaban J connectivity index is 1.33. The lowest BCUT2D eigenvalue weighted by Crippen LogP contribution is -2.67. The van der Waals surface area contributed by atoms with E-state index in [4.69, 9.17) is 37.9 Å². The molecule has 4 aliphatic rings. The standard InChI is InChI=1S/C32H56N2O22/c1-11(39)33-17-21(43)27(55-31-25(47)23(45)19(41)13(7-35)51-31)15(9-37)53-29(17)49-5-3-4-6-50-30-18(34-12(2)40)22(44)28(16(10-38)54-30)56-32-26(48)24(46)20(42)14(8-36)52-32/h13-32,35-38,41-48H,3-10H2,1-2H3,(H,33,39)(H,34,40)/t13-,14+,15-,16+,17-,18+,19+,20-,21+,22-,23+,24-,25-,26+,27-,28+,29-,30+,31+,32-. The number of hydrogen-bond acceptors (Lipinski definition) is 22. The summed E-state index contributed by atoms with van der Waals surface area (Å²) in [6.07, 6.45) is -27.6. The molecule has 2 amide bonds. The summed E-state index contributed by atoms with van der Waals surface area (Å²) in [7, 11) is 0. The van der Waals surface area contributed by atoms with Gasteiger partial charge in [-0.1, -0.05) is 0 Å². The normalized spacial score (nSPS) is 44.6. The van der Waals surface area contributed by atoms with E-state index < -0.39 is 161 Å². The SMILES string of the molecule is CC(=O)N[C@@H]1[C@@H](OCCCCO[C@@H]2O[C@H](CO)[C@@H](O[C@@H]3O[C@H](CO)[C@H](O)[C@H](O)[C@H]3O)[C@@H](O)[C@H]2NC(C)=O)O[C@@H](CO)[C@H](O[C@H]2O[C@@H](CO)[C@@H](O)[C@@H](O)[C@@H]2O)[C@@H]1O. The quantitative estimate of drug-likeness (QED) is 0.0606. The molecule has 56 heavy (non-hydrogen) atoms. The van der Waals surface area contributed by atoms with Crippen molar-refractivity contribution in [3.63, 3.8) is 0 Å². The zero-order valence-electron chi connectivity index (χ0n) is 30.7. The van der Waals surface area contributed by atoms with Crippen LogP contribution in [0.2, 0.25) is 0 Å². The van der Waals surface area contributed by atoms with Crippen LogP contribution in [0, 0.1) is 0 Å². The van der Waals surface area contributed by atoms with Gasteiger partial charge < -0.3 is 110 Å². The maximum absolute atomic E-state index is 12.1. The lowest BCUT2D eigenvalue weighted by Gasteiger charge is -2.47. The Hall–Kier alpha value is -1.86. The van der Waals surface area contributed by atoms with Crippen LogP contribution in [0.4, 0.5) is 0 Å². The first-order valence-electron chi connectivity index (χ1n) is 18.2. The highest BCUT2D eigenvalue weighted by Crippen LogP contribution is 2.32. The number of amides is 2. The van der Waals surface area contributed by atoms with E-state index in [1.54, 1.807) is 0 Å². The number of nitrogens with one attached hydrogen (secondary N) is 2. The van der Waals surface area contributed by atoms with Gasteiger partial charge in [-0.25, -0.2) is 0 Å². The van der Waals surface area contributed by atoms with Crippen LogP contribution in [0.25, 0.3) is 0 Å². The molecule has 4 aliphatic heterocycles. The van der Waals surface area contributed by atoms with Gasteiger partial charge in [-0.15, -0.1) is 0 Å². The highest BCUT2D eigenvalue weighted by molar-refractivity contribution is 5.73. The number of carbonyl (C=O) groups excluding carboxylic acids is 2. The van der Waals surface area contributed by atoms with Crippen molar-refractivity contribution < 1.29 is 109 Å². The Kier molecular flexibility index (Phi) is 17.9. The highest BCUT2D eigenvalue weighted by atomic mass is 16.7. The molecular formula is C32H56N2O22. The summed E-state index contributed by atoms with van der Waals surface area (Å²) in [5.41, 5.74) is 0. The Morgan fingerprint density at radius 1 is 0.464 bits per heavy atom. The minimum atomic E-state index is -1.83. The molecule has 4 saturated heterocycles. The Labute approximate surface area is 320 Å². The van der Waals surface area contributed by atoms with E-state index in [1.165, 1.54) is 0 Å². The van der Waals surface area contributed by atoms with E-state index in [0.29, 0.717) is 0 Å². The number of aliphatic hydroxyl groups excluding tert-OH is 12. The molecule has 0 aromatic carbocycles. The van der Waals surface area contributed by atoms with Gasteiger partial charge in [0.25, 0.3) is 0 Å². The fraction of sp³-hybridized carbons (Fsp3) is 0.938. The van der Waals surface area contributed by atoms with Gasteiger partial charge in [0.1, 0.15) is 97.5 Å². The van der Waals surface area contributed by atoms with Crippen molar-refractivity contribution >= 4 is 11.8 Å². The third-order valence-corrected chi connectivity index (χ3v) is 9.83. The third kappa shape index (κ3) is 11.0. The van der Waals surface area contributed by atoms with Gasteiger partial charge in [-0.2, -0.15) is 0 Å². The van der Waals surface area contributed by atoms with Gasteiger partial charge in [0.15, 0.2) is 25.2 Å². The summed E-state index contributed by atoms with van der Waals surface area (Å²) in [4.78, 5) is 24.1. The summed E-state index contributed by atoms with van der Waals surface area (Å²) < 4.78 is 45.3. The van der Waals surface area contributed by atoms with Crippen molar-refractivity contribution in [3.05, 3.63) is 0 Å². The maximum atomic E-state index is 12.1. The summed E-state index contributed by atoms with van der Waals surface area (Å²) in [5.74, 6) is -1.20. The van der Waals surface area contributed by atoms with Crippen molar-refractivity contribution in [2.45, 2.75) is 149 Å². The lowest BCUT2D eigenvalue weighted by atomic mass is 9.95. The average molecular weight is 821 g/mol.